The lowest BCUT2D eigenvalue weighted by Crippen LogP contribution is -2.25. The van der Waals surface area contributed by atoms with Gasteiger partial charge in [-0.25, -0.2) is 0 Å². The predicted octanol–water partition coefficient (Wildman–Crippen LogP) is 3.35. The van der Waals surface area contributed by atoms with Gasteiger partial charge in [-0.1, -0.05) is 35.0 Å². The summed E-state index contributed by atoms with van der Waals surface area (Å²) in [6.45, 7) is 4.86. The lowest BCUT2D eigenvalue weighted by Gasteiger charge is -2.19. The van der Waals surface area contributed by atoms with Crippen molar-refractivity contribution in [3.63, 3.8) is 0 Å². The van der Waals surface area contributed by atoms with Crippen LogP contribution in [-0.2, 0) is 9.59 Å². The minimum absolute atomic E-state index is 0.0695. The number of Topliss-reactive ketones (excluding diaryl/α,β-unsaturated/α-hetero) is 2. The lowest BCUT2D eigenvalue weighted by atomic mass is 9.83. The second kappa shape index (κ2) is 5.39. The van der Waals surface area contributed by atoms with Crippen LogP contribution in [-0.4, -0.2) is 11.6 Å². The highest BCUT2D eigenvalue weighted by atomic mass is 79.9. The van der Waals surface area contributed by atoms with Gasteiger partial charge in [-0.05, 0) is 37.5 Å². The molecule has 16 heavy (non-hydrogen) atoms. The van der Waals surface area contributed by atoms with E-state index in [1.165, 1.54) is 13.8 Å². The third-order valence-electron chi connectivity index (χ3n) is 2.75. The molecule has 0 heterocycles. The zero-order valence-corrected chi connectivity index (χ0v) is 11.2. The second-order valence-corrected chi connectivity index (χ2v) is 4.96. The first-order valence-corrected chi connectivity index (χ1v) is 5.99. The van der Waals surface area contributed by atoms with Gasteiger partial charge in [0.05, 0.1) is 5.92 Å². The standard InChI is InChI=1S/C13H15BrO2/c1-8(13(9(2)15)10(3)16)11-5-4-6-12(14)7-11/h4-8,13H,1-3H3. The van der Waals surface area contributed by atoms with Crippen LogP contribution in [0.15, 0.2) is 28.7 Å². The largest absolute Gasteiger partial charge is 0.299 e. The van der Waals surface area contributed by atoms with Crippen molar-refractivity contribution < 1.29 is 9.59 Å². The zero-order valence-electron chi connectivity index (χ0n) is 9.66. The Morgan fingerprint density at radius 2 is 1.75 bits per heavy atom. The smallest absolute Gasteiger partial charge is 0.140 e. The molecule has 0 radical (unpaired) electrons. The molecule has 0 fully saturated rings. The van der Waals surface area contributed by atoms with Crippen molar-refractivity contribution >= 4 is 27.5 Å². The monoisotopic (exact) mass is 282 g/mol. The molecular weight excluding hydrogens is 268 g/mol. The lowest BCUT2D eigenvalue weighted by molar-refractivity contribution is -0.131. The molecule has 1 aromatic carbocycles. The van der Waals surface area contributed by atoms with Crippen molar-refractivity contribution in [2.75, 3.05) is 0 Å². The van der Waals surface area contributed by atoms with Gasteiger partial charge in [-0.2, -0.15) is 0 Å². The van der Waals surface area contributed by atoms with E-state index < -0.39 is 5.92 Å². The Morgan fingerprint density at radius 3 is 2.19 bits per heavy atom. The summed E-state index contributed by atoms with van der Waals surface area (Å²) >= 11 is 3.38. The Bertz CT molecular complexity index is 398. The first-order valence-electron chi connectivity index (χ1n) is 5.20. The van der Waals surface area contributed by atoms with E-state index in [1.807, 2.05) is 31.2 Å². The first-order chi connectivity index (χ1) is 7.43. The van der Waals surface area contributed by atoms with Gasteiger partial charge >= 0.3 is 0 Å². The Kier molecular flexibility index (Phi) is 4.42. The predicted molar refractivity (Wildman–Crippen MR) is 67.4 cm³/mol. The molecule has 0 aliphatic heterocycles. The van der Waals surface area contributed by atoms with Crippen LogP contribution < -0.4 is 0 Å². The molecule has 0 aliphatic rings. The number of carbonyl (C=O) groups excluding carboxylic acids is 2. The number of rotatable bonds is 4. The molecule has 0 saturated heterocycles. The van der Waals surface area contributed by atoms with Crippen LogP contribution in [0.3, 0.4) is 0 Å². The van der Waals surface area contributed by atoms with Crippen molar-refractivity contribution in [1.29, 1.82) is 0 Å². The zero-order chi connectivity index (χ0) is 12.3. The van der Waals surface area contributed by atoms with E-state index in [4.69, 9.17) is 0 Å². The van der Waals surface area contributed by atoms with E-state index in [2.05, 4.69) is 15.9 Å². The van der Waals surface area contributed by atoms with Crippen LogP contribution in [0.4, 0.5) is 0 Å². The van der Waals surface area contributed by atoms with E-state index >= 15 is 0 Å². The maximum atomic E-state index is 11.5. The Balaban J connectivity index is 3.03. The highest BCUT2D eigenvalue weighted by Gasteiger charge is 2.27. The molecule has 0 aliphatic carbocycles. The van der Waals surface area contributed by atoms with E-state index in [0.29, 0.717) is 0 Å². The van der Waals surface area contributed by atoms with Crippen molar-refractivity contribution in [2.45, 2.75) is 26.7 Å². The number of ketones is 2. The minimum Gasteiger partial charge on any atom is -0.299 e. The van der Waals surface area contributed by atoms with Gasteiger partial charge < -0.3 is 0 Å². The molecule has 1 rings (SSSR count). The van der Waals surface area contributed by atoms with Crippen molar-refractivity contribution in [3.05, 3.63) is 34.3 Å². The van der Waals surface area contributed by atoms with Gasteiger partial charge in [0.1, 0.15) is 11.6 Å². The normalized spacial score (nSPS) is 12.6. The fourth-order valence-electron chi connectivity index (χ4n) is 1.97. The average Bonchev–Trinajstić information content (AvgIpc) is 2.16. The van der Waals surface area contributed by atoms with Crippen molar-refractivity contribution in [3.8, 4) is 0 Å². The van der Waals surface area contributed by atoms with Crippen molar-refractivity contribution in [2.24, 2.45) is 5.92 Å². The molecule has 0 bridgehead atoms. The molecule has 86 valence electrons. The van der Waals surface area contributed by atoms with E-state index in [-0.39, 0.29) is 17.5 Å². The quantitative estimate of drug-likeness (QED) is 0.794. The third-order valence-corrected chi connectivity index (χ3v) is 3.24. The van der Waals surface area contributed by atoms with Crippen LogP contribution in [0.25, 0.3) is 0 Å². The molecule has 3 heteroatoms. The summed E-state index contributed by atoms with van der Waals surface area (Å²) in [6.07, 6.45) is 0. The SMILES string of the molecule is CC(=O)C(C(C)=O)C(C)c1cccc(Br)c1. The summed E-state index contributed by atoms with van der Waals surface area (Å²) < 4.78 is 0.961. The van der Waals surface area contributed by atoms with Crippen LogP contribution in [0, 0.1) is 5.92 Å². The summed E-state index contributed by atoms with van der Waals surface area (Å²) in [7, 11) is 0. The van der Waals surface area contributed by atoms with Gasteiger partial charge in [-0.15, -0.1) is 0 Å². The van der Waals surface area contributed by atoms with Gasteiger partial charge in [0.2, 0.25) is 0 Å². The summed E-state index contributed by atoms with van der Waals surface area (Å²) in [4.78, 5) is 22.9. The molecule has 0 saturated carbocycles. The highest BCUT2D eigenvalue weighted by Crippen LogP contribution is 2.27. The van der Waals surface area contributed by atoms with Gasteiger partial charge in [0, 0.05) is 4.47 Å². The highest BCUT2D eigenvalue weighted by molar-refractivity contribution is 9.10. The van der Waals surface area contributed by atoms with E-state index in [9.17, 15) is 9.59 Å². The number of hydrogen-bond donors (Lipinski definition) is 0. The second-order valence-electron chi connectivity index (χ2n) is 4.04. The maximum Gasteiger partial charge on any atom is 0.140 e. The van der Waals surface area contributed by atoms with Crippen molar-refractivity contribution in [1.82, 2.24) is 0 Å². The molecular formula is C13H15BrO2. The fourth-order valence-corrected chi connectivity index (χ4v) is 2.39. The third kappa shape index (κ3) is 3.01. The fraction of sp³-hybridized carbons (Fsp3) is 0.385. The van der Waals surface area contributed by atoms with E-state index in [1.54, 1.807) is 0 Å². The Morgan fingerprint density at radius 1 is 1.19 bits per heavy atom. The van der Waals surface area contributed by atoms with Crippen LogP contribution in [0.5, 0.6) is 0 Å². The minimum atomic E-state index is -0.533. The molecule has 1 aromatic rings. The maximum absolute atomic E-state index is 11.5. The molecule has 1 unspecified atom stereocenters. The molecule has 2 nitrogen and oxygen atoms in total. The van der Waals surface area contributed by atoms with Gasteiger partial charge in [0.25, 0.3) is 0 Å². The Labute approximate surface area is 104 Å². The number of hydrogen-bond acceptors (Lipinski definition) is 2. The summed E-state index contributed by atoms with van der Waals surface area (Å²) in [5.41, 5.74) is 1.00. The van der Waals surface area contributed by atoms with Crippen LogP contribution in [0.1, 0.15) is 32.3 Å². The van der Waals surface area contributed by atoms with Crippen LogP contribution >= 0.6 is 15.9 Å². The molecule has 0 spiro atoms. The molecule has 0 amide bonds. The van der Waals surface area contributed by atoms with Crippen LogP contribution in [0.2, 0.25) is 0 Å². The van der Waals surface area contributed by atoms with Gasteiger partial charge in [-0.3, -0.25) is 9.59 Å². The molecule has 1 atom stereocenters. The molecule has 0 aromatic heterocycles. The number of halogens is 1. The average molecular weight is 283 g/mol. The Hall–Kier alpha value is -0.960. The summed E-state index contributed by atoms with van der Waals surface area (Å²) in [5, 5.41) is 0. The van der Waals surface area contributed by atoms with E-state index in [0.717, 1.165) is 10.0 Å². The topological polar surface area (TPSA) is 34.1 Å². The number of carbonyl (C=O) groups is 2. The van der Waals surface area contributed by atoms with Gasteiger partial charge in [0.15, 0.2) is 0 Å². The summed E-state index contributed by atoms with van der Waals surface area (Å²) in [6, 6.07) is 7.72. The summed E-state index contributed by atoms with van der Waals surface area (Å²) in [5.74, 6) is -0.748. The number of benzene rings is 1. The molecule has 0 N–H and O–H groups in total. The first kappa shape index (κ1) is 13.1.